The highest BCUT2D eigenvalue weighted by atomic mass is 32.2. The highest BCUT2D eigenvalue weighted by molar-refractivity contribution is 7.91. The molecule has 0 bridgehead atoms. The minimum atomic E-state index is -3.02. The van der Waals surface area contributed by atoms with Gasteiger partial charge in [0.2, 0.25) is 11.5 Å². The topological polar surface area (TPSA) is 95.6 Å². The number of ketones is 1. The van der Waals surface area contributed by atoms with Gasteiger partial charge in [0, 0.05) is 23.0 Å². The second-order valence-corrected chi connectivity index (χ2v) is 8.42. The number of Topliss-reactive ketones (excluding diaryl/α,β-unsaturated/α-hetero) is 1. The minimum Gasteiger partial charge on any atom is -0.457 e. The van der Waals surface area contributed by atoms with Gasteiger partial charge in [-0.1, -0.05) is 0 Å². The molecule has 0 unspecified atom stereocenters. The van der Waals surface area contributed by atoms with Crippen LogP contribution in [0.25, 0.3) is 0 Å². The maximum Gasteiger partial charge on any atom is 0.374 e. The van der Waals surface area contributed by atoms with E-state index in [4.69, 9.17) is 9.15 Å². The predicted octanol–water partition coefficient (Wildman–Crippen LogP) is 2.10. The zero-order chi connectivity index (χ0) is 18.2. The highest BCUT2D eigenvalue weighted by Gasteiger charge is 2.31. The van der Waals surface area contributed by atoms with Crippen LogP contribution in [0.5, 0.6) is 0 Å². The largest absolute Gasteiger partial charge is 0.457 e. The zero-order valence-electron chi connectivity index (χ0n) is 14.0. The quantitative estimate of drug-likeness (QED) is 0.595. The fraction of sp³-hybridized carbons (Fsp3) is 0.412. The van der Waals surface area contributed by atoms with Crippen LogP contribution in [0, 0.1) is 13.8 Å². The lowest BCUT2D eigenvalue weighted by Crippen LogP contribution is -2.16. The molecule has 0 spiro atoms. The van der Waals surface area contributed by atoms with Crippen LogP contribution in [0.3, 0.4) is 0 Å². The van der Waals surface area contributed by atoms with E-state index < -0.39 is 22.4 Å². The number of esters is 1. The molecule has 2 aromatic rings. The van der Waals surface area contributed by atoms with Gasteiger partial charge in [-0.05, 0) is 38.5 Å². The van der Waals surface area contributed by atoms with Crippen LogP contribution in [0.1, 0.15) is 44.8 Å². The van der Waals surface area contributed by atoms with Gasteiger partial charge in [-0.3, -0.25) is 4.79 Å². The van der Waals surface area contributed by atoms with E-state index in [-0.39, 0.29) is 29.1 Å². The molecular weight excluding hydrogens is 346 g/mol. The number of hydrogen-bond acceptors (Lipinski definition) is 6. The summed E-state index contributed by atoms with van der Waals surface area (Å²) in [6, 6.07) is 4.57. The molecule has 0 amide bonds. The molecule has 3 rings (SSSR count). The Morgan fingerprint density at radius 2 is 2.12 bits per heavy atom. The van der Waals surface area contributed by atoms with Gasteiger partial charge in [-0.15, -0.1) is 0 Å². The first kappa shape index (κ1) is 17.5. The molecule has 1 atom stereocenters. The molecule has 25 heavy (non-hydrogen) atoms. The van der Waals surface area contributed by atoms with Crippen LogP contribution in [-0.4, -0.2) is 42.9 Å². The van der Waals surface area contributed by atoms with Crippen molar-refractivity contribution >= 4 is 21.6 Å². The molecule has 0 radical (unpaired) electrons. The molecular formula is C17H19NO6S. The number of nitrogens with zero attached hydrogens (tertiary/aromatic N) is 1. The third kappa shape index (κ3) is 3.53. The monoisotopic (exact) mass is 365 g/mol. The van der Waals surface area contributed by atoms with Crippen molar-refractivity contribution in [3.05, 3.63) is 47.2 Å². The summed E-state index contributed by atoms with van der Waals surface area (Å²) in [6.45, 7) is 3.22. The summed E-state index contributed by atoms with van der Waals surface area (Å²) in [6.07, 6.45) is 1.89. The van der Waals surface area contributed by atoms with Gasteiger partial charge in [-0.25, -0.2) is 13.2 Å². The van der Waals surface area contributed by atoms with Crippen molar-refractivity contribution in [1.82, 2.24) is 4.57 Å². The van der Waals surface area contributed by atoms with Crippen LogP contribution < -0.4 is 0 Å². The molecule has 0 aliphatic carbocycles. The van der Waals surface area contributed by atoms with Crippen LogP contribution in [0.2, 0.25) is 0 Å². The molecule has 0 aromatic carbocycles. The lowest BCUT2D eigenvalue weighted by molar-refractivity contribution is 0.0443. The molecule has 1 aliphatic heterocycles. The fourth-order valence-electron chi connectivity index (χ4n) is 3.27. The molecule has 1 saturated heterocycles. The maximum absolute atomic E-state index is 12.4. The Hall–Kier alpha value is -2.35. The molecule has 0 N–H and O–H groups in total. The average molecular weight is 365 g/mol. The van der Waals surface area contributed by atoms with Crippen LogP contribution in [0.15, 0.2) is 28.9 Å². The van der Waals surface area contributed by atoms with Crippen molar-refractivity contribution < 1.29 is 27.2 Å². The summed E-state index contributed by atoms with van der Waals surface area (Å²) in [7, 11) is -3.02. The number of furan rings is 1. The Balaban J connectivity index is 1.73. The molecule has 2 aromatic heterocycles. The van der Waals surface area contributed by atoms with E-state index in [2.05, 4.69) is 0 Å². The van der Waals surface area contributed by atoms with E-state index in [0.717, 1.165) is 5.69 Å². The summed E-state index contributed by atoms with van der Waals surface area (Å²) in [4.78, 5) is 24.1. The molecule has 0 saturated carbocycles. The van der Waals surface area contributed by atoms with E-state index >= 15 is 0 Å². The standard InChI is InChI=1S/C17H19NO6S/c1-11-8-14(12(2)18(11)13-5-7-25(21,22)10-13)15(19)9-24-17(20)16-4-3-6-23-16/h3-4,6,8,13H,5,7,9-10H2,1-2H3/t13-/m0/s1. The van der Waals surface area contributed by atoms with Gasteiger partial charge in [0.1, 0.15) is 0 Å². The normalized spacial score (nSPS) is 19.0. The first-order chi connectivity index (χ1) is 11.8. The van der Waals surface area contributed by atoms with Gasteiger partial charge in [0.05, 0.1) is 17.8 Å². The number of carbonyl (C=O) groups excluding carboxylic acids is 2. The number of carbonyl (C=O) groups is 2. The summed E-state index contributed by atoms with van der Waals surface area (Å²) in [5.41, 5.74) is 1.95. The maximum atomic E-state index is 12.4. The summed E-state index contributed by atoms with van der Waals surface area (Å²) in [5.74, 6) is -0.743. The van der Waals surface area contributed by atoms with Gasteiger partial charge >= 0.3 is 5.97 Å². The molecule has 1 aliphatic rings. The molecule has 134 valence electrons. The SMILES string of the molecule is Cc1cc(C(=O)COC(=O)c2ccco2)c(C)n1[C@H]1CCS(=O)(=O)C1. The van der Waals surface area contributed by atoms with Crippen molar-refractivity contribution in [1.29, 1.82) is 0 Å². The Morgan fingerprint density at radius 1 is 1.36 bits per heavy atom. The number of hydrogen-bond donors (Lipinski definition) is 0. The summed E-state index contributed by atoms with van der Waals surface area (Å²) >= 11 is 0. The Bertz CT molecular complexity index is 907. The number of rotatable bonds is 5. The number of aryl methyl sites for hydroxylation is 1. The van der Waals surface area contributed by atoms with Gasteiger partial charge in [0.25, 0.3) is 0 Å². The third-order valence-electron chi connectivity index (χ3n) is 4.42. The van der Waals surface area contributed by atoms with E-state index in [0.29, 0.717) is 17.7 Å². The van der Waals surface area contributed by atoms with Crippen molar-refractivity contribution in [2.45, 2.75) is 26.3 Å². The zero-order valence-corrected chi connectivity index (χ0v) is 14.8. The smallest absolute Gasteiger partial charge is 0.374 e. The van der Waals surface area contributed by atoms with Crippen molar-refractivity contribution in [3.63, 3.8) is 0 Å². The van der Waals surface area contributed by atoms with Crippen LogP contribution in [0.4, 0.5) is 0 Å². The molecule has 1 fully saturated rings. The molecule has 3 heterocycles. The lowest BCUT2D eigenvalue weighted by atomic mass is 10.1. The van der Waals surface area contributed by atoms with Crippen molar-refractivity contribution in [3.8, 4) is 0 Å². The van der Waals surface area contributed by atoms with Gasteiger partial charge < -0.3 is 13.7 Å². The number of sulfone groups is 1. The summed E-state index contributed by atoms with van der Waals surface area (Å²) < 4.78 is 35.2. The Morgan fingerprint density at radius 3 is 2.72 bits per heavy atom. The first-order valence-electron chi connectivity index (χ1n) is 7.91. The van der Waals surface area contributed by atoms with Crippen LogP contribution >= 0.6 is 0 Å². The summed E-state index contributed by atoms with van der Waals surface area (Å²) in [5, 5.41) is 0. The second kappa shape index (κ2) is 6.51. The molecule has 8 heteroatoms. The lowest BCUT2D eigenvalue weighted by Gasteiger charge is -2.16. The minimum absolute atomic E-state index is 0.0365. The highest BCUT2D eigenvalue weighted by Crippen LogP contribution is 2.29. The van der Waals surface area contributed by atoms with Gasteiger partial charge in [-0.2, -0.15) is 0 Å². The first-order valence-corrected chi connectivity index (χ1v) is 9.73. The van der Waals surface area contributed by atoms with Crippen LogP contribution in [-0.2, 0) is 14.6 Å². The molecule has 7 nitrogen and oxygen atoms in total. The number of ether oxygens (including phenoxy) is 1. The second-order valence-electron chi connectivity index (χ2n) is 6.19. The Kier molecular flexibility index (Phi) is 4.55. The fourth-order valence-corrected chi connectivity index (χ4v) is 4.97. The van der Waals surface area contributed by atoms with Gasteiger partial charge in [0.15, 0.2) is 16.4 Å². The van der Waals surface area contributed by atoms with E-state index in [1.165, 1.54) is 12.3 Å². The van der Waals surface area contributed by atoms with E-state index in [1.54, 1.807) is 19.1 Å². The third-order valence-corrected chi connectivity index (χ3v) is 6.17. The van der Waals surface area contributed by atoms with Crippen molar-refractivity contribution in [2.75, 3.05) is 18.1 Å². The van der Waals surface area contributed by atoms with Crippen molar-refractivity contribution in [2.24, 2.45) is 0 Å². The Labute approximate surface area is 145 Å². The number of aromatic nitrogens is 1. The van der Waals surface area contributed by atoms with E-state index in [1.807, 2.05) is 11.5 Å². The van der Waals surface area contributed by atoms with E-state index in [9.17, 15) is 18.0 Å². The average Bonchev–Trinajstić information content (AvgIpc) is 3.25. The predicted molar refractivity (Wildman–Crippen MR) is 89.5 cm³/mol.